The number of aryl methyl sites for hydroxylation is 1. The highest BCUT2D eigenvalue weighted by atomic mass is 16.5. The Kier molecular flexibility index (Phi) is 5.73. The molecule has 1 aliphatic rings. The minimum Gasteiger partial charge on any atom is -0.496 e. The summed E-state index contributed by atoms with van der Waals surface area (Å²) in [5.74, 6) is 1.07. The second kappa shape index (κ2) is 7.99. The van der Waals surface area contributed by atoms with Crippen molar-refractivity contribution < 1.29 is 14.6 Å². The zero-order valence-corrected chi connectivity index (χ0v) is 15.2. The number of aromatic nitrogens is 2. The molecule has 2 unspecified atom stereocenters. The van der Waals surface area contributed by atoms with E-state index in [9.17, 15) is 5.11 Å². The second-order valence-corrected chi connectivity index (χ2v) is 6.85. The highest BCUT2D eigenvalue weighted by molar-refractivity contribution is 5.37. The molecule has 0 bridgehead atoms. The third-order valence-corrected chi connectivity index (χ3v) is 4.76. The summed E-state index contributed by atoms with van der Waals surface area (Å²) in [6.07, 6.45) is 0.494. The Labute approximate surface area is 148 Å². The van der Waals surface area contributed by atoms with Gasteiger partial charge in [-0.15, -0.1) is 0 Å². The third-order valence-electron chi connectivity index (χ3n) is 4.76. The van der Waals surface area contributed by atoms with Crippen molar-refractivity contribution in [1.82, 2.24) is 15.1 Å². The lowest BCUT2D eigenvalue weighted by Gasteiger charge is -2.17. The van der Waals surface area contributed by atoms with Crippen molar-refractivity contribution in [1.29, 1.82) is 0 Å². The molecule has 2 atom stereocenters. The molecule has 2 aromatic rings. The number of hydrogen-bond acceptors (Lipinski definition) is 5. The van der Waals surface area contributed by atoms with Crippen LogP contribution < -0.4 is 4.74 Å². The molecule has 25 heavy (non-hydrogen) atoms. The van der Waals surface area contributed by atoms with Crippen LogP contribution in [0.3, 0.4) is 0 Å². The normalized spacial score (nSPS) is 21.0. The van der Waals surface area contributed by atoms with Crippen molar-refractivity contribution >= 4 is 0 Å². The molecule has 0 saturated carbocycles. The first-order valence-electron chi connectivity index (χ1n) is 8.65. The van der Waals surface area contributed by atoms with E-state index in [2.05, 4.69) is 33.3 Å². The number of ether oxygens (including phenoxy) is 2. The molecule has 0 aliphatic carbocycles. The first-order valence-corrected chi connectivity index (χ1v) is 8.65. The number of hydrogen-bond donors (Lipinski definition) is 2. The summed E-state index contributed by atoms with van der Waals surface area (Å²) in [5, 5.41) is 17.7. The smallest absolute Gasteiger partial charge is 0.124 e. The molecule has 136 valence electrons. The average Bonchev–Trinajstić information content (AvgIpc) is 3.14. The molecule has 1 fully saturated rings. The Hall–Kier alpha value is -1.89. The standard InChI is InChI=1S/C19H27N3O3/c1-13-6-17(21-20-13)8-15-10-22(11-18(15)23)9-14-4-5-19(25-3)16(7-14)12-24-2/h4-7,15,18,23H,8-12H2,1-3H3,(H,20,21). The topological polar surface area (TPSA) is 70.6 Å². The van der Waals surface area contributed by atoms with E-state index in [1.54, 1.807) is 14.2 Å². The van der Waals surface area contributed by atoms with Gasteiger partial charge in [0.2, 0.25) is 0 Å². The molecule has 1 aromatic heterocycles. The van der Waals surface area contributed by atoms with Crippen molar-refractivity contribution in [2.75, 3.05) is 27.3 Å². The van der Waals surface area contributed by atoms with Crippen molar-refractivity contribution in [2.24, 2.45) is 5.92 Å². The molecule has 6 nitrogen and oxygen atoms in total. The zero-order valence-electron chi connectivity index (χ0n) is 15.2. The van der Waals surface area contributed by atoms with Crippen LogP contribution in [0.4, 0.5) is 0 Å². The highest BCUT2D eigenvalue weighted by Gasteiger charge is 2.31. The van der Waals surface area contributed by atoms with Crippen molar-refractivity contribution in [2.45, 2.75) is 32.6 Å². The quantitative estimate of drug-likeness (QED) is 0.802. The van der Waals surface area contributed by atoms with E-state index in [0.717, 1.165) is 42.2 Å². The van der Waals surface area contributed by atoms with E-state index >= 15 is 0 Å². The molecular weight excluding hydrogens is 318 g/mol. The Morgan fingerprint density at radius 3 is 2.80 bits per heavy atom. The van der Waals surface area contributed by atoms with E-state index in [0.29, 0.717) is 13.2 Å². The summed E-state index contributed by atoms with van der Waals surface area (Å²) in [7, 11) is 3.36. The number of likely N-dealkylation sites (tertiary alicyclic amines) is 1. The Morgan fingerprint density at radius 2 is 2.12 bits per heavy atom. The van der Waals surface area contributed by atoms with Crippen LogP contribution in [0.25, 0.3) is 0 Å². The number of H-pyrrole nitrogens is 1. The first kappa shape index (κ1) is 17.9. The molecule has 1 saturated heterocycles. The van der Waals surface area contributed by atoms with Crippen LogP contribution >= 0.6 is 0 Å². The molecule has 2 N–H and O–H groups in total. The van der Waals surface area contributed by atoms with E-state index < -0.39 is 0 Å². The summed E-state index contributed by atoms with van der Waals surface area (Å²) in [5.41, 5.74) is 4.33. The van der Waals surface area contributed by atoms with Gasteiger partial charge in [0.15, 0.2) is 0 Å². The lowest BCUT2D eigenvalue weighted by atomic mass is 10.0. The van der Waals surface area contributed by atoms with Crippen molar-refractivity contribution in [3.05, 3.63) is 46.8 Å². The van der Waals surface area contributed by atoms with Crippen LogP contribution in [0.1, 0.15) is 22.5 Å². The van der Waals surface area contributed by atoms with E-state index in [1.807, 2.05) is 13.0 Å². The van der Waals surface area contributed by atoms with Gasteiger partial charge < -0.3 is 14.6 Å². The van der Waals surface area contributed by atoms with Gasteiger partial charge in [-0.1, -0.05) is 6.07 Å². The maximum Gasteiger partial charge on any atom is 0.124 e. The molecular formula is C19H27N3O3. The minimum atomic E-state index is -0.311. The van der Waals surface area contributed by atoms with Crippen LogP contribution in [0.5, 0.6) is 5.75 Å². The van der Waals surface area contributed by atoms with Crippen LogP contribution in [-0.4, -0.2) is 53.6 Å². The largest absolute Gasteiger partial charge is 0.496 e. The summed E-state index contributed by atoms with van der Waals surface area (Å²) in [6, 6.07) is 8.24. The maximum absolute atomic E-state index is 10.4. The van der Waals surface area contributed by atoms with Crippen molar-refractivity contribution in [3.63, 3.8) is 0 Å². The van der Waals surface area contributed by atoms with Crippen LogP contribution in [-0.2, 0) is 24.3 Å². The molecule has 0 radical (unpaired) electrons. The predicted molar refractivity (Wildman–Crippen MR) is 95.5 cm³/mol. The molecule has 3 rings (SSSR count). The molecule has 0 spiro atoms. The van der Waals surface area contributed by atoms with Gasteiger partial charge in [0.1, 0.15) is 5.75 Å². The zero-order chi connectivity index (χ0) is 17.8. The minimum absolute atomic E-state index is 0.222. The van der Waals surface area contributed by atoms with E-state index in [1.165, 1.54) is 5.56 Å². The number of aromatic amines is 1. The fraction of sp³-hybridized carbons (Fsp3) is 0.526. The number of benzene rings is 1. The van der Waals surface area contributed by atoms with Gasteiger partial charge in [0.05, 0.1) is 25.5 Å². The number of nitrogens with one attached hydrogen (secondary N) is 1. The molecule has 6 heteroatoms. The van der Waals surface area contributed by atoms with Gasteiger partial charge in [-0.2, -0.15) is 5.10 Å². The second-order valence-electron chi connectivity index (χ2n) is 6.85. The third kappa shape index (κ3) is 4.39. The van der Waals surface area contributed by atoms with Crippen molar-refractivity contribution in [3.8, 4) is 5.75 Å². The SMILES string of the molecule is COCc1cc(CN2CC(O)C(Cc3cc(C)[nH]n3)C2)ccc1OC. The van der Waals surface area contributed by atoms with Crippen LogP contribution in [0, 0.1) is 12.8 Å². The molecule has 0 amide bonds. The van der Waals surface area contributed by atoms with E-state index in [4.69, 9.17) is 9.47 Å². The number of rotatable bonds is 7. The fourth-order valence-electron chi connectivity index (χ4n) is 3.58. The van der Waals surface area contributed by atoms with Gasteiger partial charge >= 0.3 is 0 Å². The summed E-state index contributed by atoms with van der Waals surface area (Å²) >= 11 is 0. The highest BCUT2D eigenvalue weighted by Crippen LogP contribution is 2.25. The van der Waals surface area contributed by atoms with Gasteiger partial charge in [-0.25, -0.2) is 0 Å². The average molecular weight is 345 g/mol. The first-order chi connectivity index (χ1) is 12.1. The maximum atomic E-state index is 10.4. The lowest BCUT2D eigenvalue weighted by molar-refractivity contribution is 0.140. The summed E-state index contributed by atoms with van der Waals surface area (Å²) in [4.78, 5) is 2.30. The monoisotopic (exact) mass is 345 g/mol. The van der Waals surface area contributed by atoms with Gasteiger partial charge in [0.25, 0.3) is 0 Å². The van der Waals surface area contributed by atoms with Gasteiger partial charge in [0, 0.05) is 43.9 Å². The number of aliphatic hydroxyl groups excluding tert-OH is 1. The van der Waals surface area contributed by atoms with Gasteiger partial charge in [-0.05, 0) is 37.1 Å². The lowest BCUT2D eigenvalue weighted by Crippen LogP contribution is -2.21. The number of nitrogens with zero attached hydrogens (tertiary/aromatic N) is 2. The number of β-amino-alcohol motifs (C(OH)–C–C–N with tert-alkyl or cyclic N) is 1. The van der Waals surface area contributed by atoms with Crippen LogP contribution in [0.2, 0.25) is 0 Å². The Morgan fingerprint density at radius 1 is 1.28 bits per heavy atom. The fourth-order valence-corrected chi connectivity index (χ4v) is 3.58. The molecule has 2 heterocycles. The van der Waals surface area contributed by atoms with Gasteiger partial charge in [-0.3, -0.25) is 10.00 Å². The summed E-state index contributed by atoms with van der Waals surface area (Å²) in [6.45, 7) is 4.90. The number of methoxy groups -OCH3 is 2. The Bertz CT molecular complexity index is 701. The number of aliphatic hydroxyl groups is 1. The Balaban J connectivity index is 1.62. The molecule has 1 aliphatic heterocycles. The predicted octanol–water partition coefficient (Wildman–Crippen LogP) is 1.91. The summed E-state index contributed by atoms with van der Waals surface area (Å²) < 4.78 is 10.6. The molecule has 1 aromatic carbocycles. The van der Waals surface area contributed by atoms with E-state index in [-0.39, 0.29) is 12.0 Å². The van der Waals surface area contributed by atoms with Crippen LogP contribution in [0.15, 0.2) is 24.3 Å².